The molecule has 0 bridgehead atoms. The summed E-state index contributed by atoms with van der Waals surface area (Å²) < 4.78 is 7.40. The van der Waals surface area contributed by atoms with Gasteiger partial charge in [0.05, 0.1) is 23.2 Å². The van der Waals surface area contributed by atoms with Crippen LogP contribution in [0.1, 0.15) is 64.9 Å². The predicted octanol–water partition coefficient (Wildman–Crippen LogP) is 3.15. The van der Waals surface area contributed by atoms with Crippen LogP contribution in [0.4, 0.5) is 0 Å². The van der Waals surface area contributed by atoms with Gasteiger partial charge in [0, 0.05) is 24.6 Å². The van der Waals surface area contributed by atoms with E-state index in [9.17, 15) is 4.79 Å². The standard InChI is InChI=1S/C20H18ClN7O2/c21-15-6-2-5-12-9-14(26-28(12)15)17-16-13(22-10-23-16)7-8-27(17)20(29)19-25-24-18(30-19)11-3-1-4-11/h2,5-6,9-11,17H,1,3-4,7-8H2,(H,22,23)/t17-/m1/s1. The summed E-state index contributed by atoms with van der Waals surface area (Å²) in [4.78, 5) is 22.7. The Bertz CT molecular complexity index is 1260. The maximum Gasteiger partial charge on any atom is 0.312 e. The smallest absolute Gasteiger partial charge is 0.312 e. The average Bonchev–Trinajstić information content (AvgIpc) is 3.44. The van der Waals surface area contributed by atoms with E-state index in [-0.39, 0.29) is 17.7 Å². The molecule has 152 valence electrons. The van der Waals surface area contributed by atoms with Gasteiger partial charge in [-0.05, 0) is 31.0 Å². The van der Waals surface area contributed by atoms with Gasteiger partial charge in [-0.25, -0.2) is 9.50 Å². The van der Waals surface area contributed by atoms with E-state index >= 15 is 0 Å². The second-order valence-corrected chi connectivity index (χ2v) is 8.13. The number of H-pyrrole nitrogens is 1. The minimum atomic E-state index is -0.470. The molecule has 0 spiro atoms. The number of rotatable bonds is 3. The number of halogens is 1. The maximum absolute atomic E-state index is 13.4. The Labute approximate surface area is 176 Å². The van der Waals surface area contributed by atoms with Gasteiger partial charge in [-0.1, -0.05) is 24.1 Å². The first-order chi connectivity index (χ1) is 14.7. The lowest BCUT2D eigenvalue weighted by molar-refractivity contribution is 0.0642. The third kappa shape index (κ3) is 2.65. The Morgan fingerprint density at radius 3 is 2.97 bits per heavy atom. The normalized spacial score (nSPS) is 19.1. The van der Waals surface area contributed by atoms with E-state index in [1.807, 2.05) is 18.2 Å². The lowest BCUT2D eigenvalue weighted by Crippen LogP contribution is -2.41. The van der Waals surface area contributed by atoms with Crippen molar-refractivity contribution in [1.29, 1.82) is 0 Å². The molecule has 1 aliphatic heterocycles. The highest BCUT2D eigenvalue weighted by Crippen LogP contribution is 2.37. The summed E-state index contributed by atoms with van der Waals surface area (Å²) in [6.07, 6.45) is 5.52. The molecular weight excluding hydrogens is 406 g/mol. The van der Waals surface area contributed by atoms with Gasteiger partial charge >= 0.3 is 11.8 Å². The number of nitrogens with zero attached hydrogens (tertiary/aromatic N) is 6. The monoisotopic (exact) mass is 423 g/mol. The first-order valence-electron chi connectivity index (χ1n) is 10.00. The van der Waals surface area contributed by atoms with Crippen molar-refractivity contribution in [2.75, 3.05) is 6.54 Å². The molecule has 1 aliphatic carbocycles. The van der Waals surface area contributed by atoms with Gasteiger partial charge in [0.15, 0.2) is 0 Å². The number of fused-ring (bicyclic) bond motifs is 2. The molecule has 2 aliphatic rings. The van der Waals surface area contributed by atoms with Crippen molar-refractivity contribution < 1.29 is 9.21 Å². The van der Waals surface area contributed by atoms with E-state index < -0.39 is 6.04 Å². The topological polar surface area (TPSA) is 105 Å². The van der Waals surface area contributed by atoms with Crippen molar-refractivity contribution in [3.05, 3.63) is 64.6 Å². The fourth-order valence-electron chi connectivity index (χ4n) is 4.19. The number of carbonyl (C=O) groups is 1. The number of imidazole rings is 1. The van der Waals surface area contributed by atoms with E-state index in [0.29, 0.717) is 29.7 Å². The summed E-state index contributed by atoms with van der Waals surface area (Å²) in [6, 6.07) is 7.02. The van der Waals surface area contributed by atoms with Crippen LogP contribution >= 0.6 is 11.6 Å². The molecule has 1 amide bonds. The van der Waals surface area contributed by atoms with Gasteiger partial charge in [0.2, 0.25) is 5.89 Å². The SMILES string of the molecule is O=C(c1nnc(C2CCC2)o1)N1CCc2[nH]cnc2[C@H]1c1cc2cccc(Cl)n2n1. The molecular formula is C20H18ClN7O2. The van der Waals surface area contributed by atoms with Crippen LogP contribution in [-0.4, -0.2) is 47.1 Å². The second-order valence-electron chi connectivity index (χ2n) is 7.75. The molecule has 5 heterocycles. The Morgan fingerprint density at radius 2 is 2.17 bits per heavy atom. The van der Waals surface area contributed by atoms with E-state index in [4.69, 9.17) is 16.0 Å². The summed E-state index contributed by atoms with van der Waals surface area (Å²) in [5.74, 6) is 0.533. The second kappa shape index (κ2) is 6.66. The number of hydrogen-bond acceptors (Lipinski definition) is 6. The van der Waals surface area contributed by atoms with Crippen LogP contribution in [0.5, 0.6) is 0 Å². The van der Waals surface area contributed by atoms with E-state index in [0.717, 1.165) is 36.2 Å². The van der Waals surface area contributed by atoms with Crippen LogP contribution in [0.15, 0.2) is 35.0 Å². The summed E-state index contributed by atoms with van der Waals surface area (Å²) in [5.41, 5.74) is 3.29. The van der Waals surface area contributed by atoms with Crippen molar-refractivity contribution in [2.24, 2.45) is 0 Å². The van der Waals surface area contributed by atoms with Crippen molar-refractivity contribution in [3.63, 3.8) is 0 Å². The van der Waals surface area contributed by atoms with E-state index in [2.05, 4.69) is 25.3 Å². The summed E-state index contributed by atoms with van der Waals surface area (Å²) in [5, 5.41) is 13.3. The molecule has 0 unspecified atom stereocenters. The summed E-state index contributed by atoms with van der Waals surface area (Å²) >= 11 is 6.30. The van der Waals surface area contributed by atoms with Crippen molar-refractivity contribution in [1.82, 2.24) is 34.7 Å². The van der Waals surface area contributed by atoms with Crippen molar-refractivity contribution in [2.45, 2.75) is 37.6 Å². The van der Waals surface area contributed by atoms with Gasteiger partial charge in [0.1, 0.15) is 11.2 Å². The minimum Gasteiger partial charge on any atom is -0.417 e. The number of amides is 1. The molecule has 1 N–H and O–H groups in total. The summed E-state index contributed by atoms with van der Waals surface area (Å²) in [6.45, 7) is 0.488. The fourth-order valence-corrected chi connectivity index (χ4v) is 4.40. The molecule has 4 aromatic heterocycles. The molecule has 0 saturated heterocycles. The van der Waals surface area contributed by atoms with E-state index in [1.54, 1.807) is 21.8 Å². The molecule has 1 atom stereocenters. The van der Waals surface area contributed by atoms with Crippen LogP contribution in [0.2, 0.25) is 5.15 Å². The van der Waals surface area contributed by atoms with E-state index in [1.165, 1.54) is 0 Å². The molecule has 0 radical (unpaired) electrons. The highest BCUT2D eigenvalue weighted by atomic mass is 35.5. The van der Waals surface area contributed by atoms with Gasteiger partial charge in [0.25, 0.3) is 0 Å². The predicted molar refractivity (Wildman–Crippen MR) is 106 cm³/mol. The van der Waals surface area contributed by atoms with Crippen LogP contribution < -0.4 is 0 Å². The molecule has 6 rings (SSSR count). The number of aromatic amines is 1. The Morgan fingerprint density at radius 1 is 1.27 bits per heavy atom. The third-order valence-electron chi connectivity index (χ3n) is 6.00. The van der Waals surface area contributed by atoms with Gasteiger partial charge in [-0.3, -0.25) is 4.79 Å². The Kier molecular flexibility index (Phi) is 3.92. The first-order valence-corrected chi connectivity index (χ1v) is 10.4. The van der Waals surface area contributed by atoms with Gasteiger partial charge in [-0.2, -0.15) is 5.10 Å². The lowest BCUT2D eigenvalue weighted by atomic mass is 9.85. The van der Waals surface area contributed by atoms with Crippen molar-refractivity contribution in [3.8, 4) is 0 Å². The molecule has 1 saturated carbocycles. The van der Waals surface area contributed by atoms with Crippen LogP contribution in [0.3, 0.4) is 0 Å². The highest BCUT2D eigenvalue weighted by Gasteiger charge is 2.38. The maximum atomic E-state index is 13.4. The van der Waals surface area contributed by atoms with Gasteiger partial charge < -0.3 is 14.3 Å². The molecule has 30 heavy (non-hydrogen) atoms. The fraction of sp³-hybridized carbons (Fsp3) is 0.350. The molecule has 4 aromatic rings. The highest BCUT2D eigenvalue weighted by molar-refractivity contribution is 6.29. The van der Waals surface area contributed by atoms with Crippen molar-refractivity contribution >= 4 is 23.0 Å². The number of hydrogen-bond donors (Lipinski definition) is 1. The zero-order valence-electron chi connectivity index (χ0n) is 16.0. The number of aromatic nitrogens is 6. The quantitative estimate of drug-likeness (QED) is 0.507. The Hall–Kier alpha value is -3.20. The average molecular weight is 424 g/mol. The number of nitrogens with one attached hydrogen (secondary N) is 1. The zero-order valence-corrected chi connectivity index (χ0v) is 16.7. The van der Waals surface area contributed by atoms with Crippen LogP contribution in [0.25, 0.3) is 5.52 Å². The minimum absolute atomic E-state index is 0.0164. The first kappa shape index (κ1) is 17.6. The Balaban J connectivity index is 1.41. The molecule has 9 nitrogen and oxygen atoms in total. The zero-order chi connectivity index (χ0) is 20.2. The molecule has 0 aromatic carbocycles. The summed E-state index contributed by atoms with van der Waals surface area (Å²) in [7, 11) is 0. The molecule has 10 heteroatoms. The largest absolute Gasteiger partial charge is 0.417 e. The number of pyridine rings is 1. The van der Waals surface area contributed by atoms with Crippen LogP contribution in [-0.2, 0) is 6.42 Å². The van der Waals surface area contributed by atoms with Gasteiger partial charge in [-0.15, -0.1) is 10.2 Å². The van der Waals surface area contributed by atoms with Crippen LogP contribution in [0, 0.1) is 0 Å². The number of carbonyl (C=O) groups excluding carboxylic acids is 1. The molecule has 1 fully saturated rings. The third-order valence-corrected chi connectivity index (χ3v) is 6.29. The lowest BCUT2D eigenvalue weighted by Gasteiger charge is -2.32.